The standard InChI is InChI=1S/C19H27N5O/c1-13-5-7-16(8-6-13)21-19(3,4)18(25)24-11-9-15(10-12-24)17-20-14(2)22-23-17/h5-8,15,21H,9-12H2,1-4H3,(H,20,22,23). The van der Waals surface area contributed by atoms with Crippen LogP contribution in [0.5, 0.6) is 0 Å². The van der Waals surface area contributed by atoms with E-state index in [-0.39, 0.29) is 5.91 Å². The summed E-state index contributed by atoms with van der Waals surface area (Å²) in [5.41, 5.74) is 1.54. The van der Waals surface area contributed by atoms with E-state index in [1.54, 1.807) is 0 Å². The summed E-state index contributed by atoms with van der Waals surface area (Å²) in [5.74, 6) is 2.19. The summed E-state index contributed by atoms with van der Waals surface area (Å²) >= 11 is 0. The van der Waals surface area contributed by atoms with E-state index in [9.17, 15) is 4.79 Å². The largest absolute Gasteiger partial charge is 0.372 e. The third-order valence-corrected chi connectivity index (χ3v) is 4.80. The van der Waals surface area contributed by atoms with Crippen LogP contribution in [-0.4, -0.2) is 44.6 Å². The van der Waals surface area contributed by atoms with Gasteiger partial charge >= 0.3 is 0 Å². The molecule has 3 rings (SSSR count). The highest BCUT2D eigenvalue weighted by molar-refractivity contribution is 5.88. The molecule has 2 N–H and O–H groups in total. The Hall–Kier alpha value is -2.37. The smallest absolute Gasteiger partial charge is 0.247 e. The number of benzene rings is 1. The minimum absolute atomic E-state index is 0.137. The molecule has 0 spiro atoms. The second kappa shape index (κ2) is 6.86. The van der Waals surface area contributed by atoms with Crippen LogP contribution >= 0.6 is 0 Å². The number of aromatic amines is 1. The molecule has 1 aromatic carbocycles. The van der Waals surface area contributed by atoms with Crippen LogP contribution in [0.3, 0.4) is 0 Å². The number of anilines is 1. The van der Waals surface area contributed by atoms with Crippen LogP contribution in [0.15, 0.2) is 24.3 Å². The zero-order valence-electron chi connectivity index (χ0n) is 15.5. The topological polar surface area (TPSA) is 73.9 Å². The molecule has 0 atom stereocenters. The summed E-state index contributed by atoms with van der Waals surface area (Å²) in [6.07, 6.45) is 1.81. The third-order valence-electron chi connectivity index (χ3n) is 4.80. The second-order valence-electron chi connectivity index (χ2n) is 7.46. The first kappa shape index (κ1) is 17.5. The van der Waals surface area contributed by atoms with Gasteiger partial charge in [-0.2, -0.15) is 5.10 Å². The van der Waals surface area contributed by atoms with Crippen LogP contribution in [-0.2, 0) is 4.79 Å². The van der Waals surface area contributed by atoms with E-state index in [4.69, 9.17) is 0 Å². The molecule has 1 saturated heterocycles. The molecule has 2 aromatic rings. The van der Waals surface area contributed by atoms with Crippen molar-refractivity contribution < 1.29 is 4.79 Å². The lowest BCUT2D eigenvalue weighted by atomic mass is 9.94. The molecule has 6 heteroatoms. The van der Waals surface area contributed by atoms with Crippen molar-refractivity contribution in [2.24, 2.45) is 0 Å². The molecule has 0 aliphatic carbocycles. The number of aromatic nitrogens is 3. The number of hydrogen-bond donors (Lipinski definition) is 2. The Morgan fingerprint density at radius 3 is 2.40 bits per heavy atom. The number of carbonyl (C=O) groups excluding carboxylic acids is 1. The predicted octanol–water partition coefficient (Wildman–Crippen LogP) is 3.02. The summed E-state index contributed by atoms with van der Waals surface area (Å²) in [6.45, 7) is 9.35. The van der Waals surface area contributed by atoms with Gasteiger partial charge in [0.15, 0.2) is 5.82 Å². The Morgan fingerprint density at radius 2 is 1.84 bits per heavy atom. The molecular weight excluding hydrogens is 314 g/mol. The molecule has 0 bridgehead atoms. The number of nitrogens with one attached hydrogen (secondary N) is 2. The minimum Gasteiger partial charge on any atom is -0.372 e. The normalized spacial score (nSPS) is 16.1. The number of rotatable bonds is 4. The van der Waals surface area contributed by atoms with Gasteiger partial charge in [0.1, 0.15) is 11.4 Å². The van der Waals surface area contributed by atoms with E-state index in [0.29, 0.717) is 5.92 Å². The number of hydrogen-bond acceptors (Lipinski definition) is 4. The Labute approximate surface area is 149 Å². The van der Waals surface area contributed by atoms with Gasteiger partial charge in [0.2, 0.25) is 5.91 Å². The highest BCUT2D eigenvalue weighted by atomic mass is 16.2. The number of piperidine rings is 1. The predicted molar refractivity (Wildman–Crippen MR) is 98.6 cm³/mol. The first-order valence-electron chi connectivity index (χ1n) is 8.88. The van der Waals surface area contributed by atoms with Gasteiger partial charge in [-0.3, -0.25) is 9.89 Å². The molecule has 1 fully saturated rings. The molecular formula is C19H27N5O. The number of nitrogens with zero attached hydrogens (tertiary/aromatic N) is 3. The molecule has 1 aliphatic rings. The summed E-state index contributed by atoms with van der Waals surface area (Å²) < 4.78 is 0. The maximum atomic E-state index is 13.0. The van der Waals surface area contributed by atoms with E-state index in [2.05, 4.69) is 27.4 Å². The van der Waals surface area contributed by atoms with Crippen molar-refractivity contribution in [2.45, 2.75) is 52.0 Å². The molecule has 25 heavy (non-hydrogen) atoms. The van der Waals surface area contributed by atoms with Gasteiger partial charge in [-0.25, -0.2) is 4.98 Å². The third kappa shape index (κ3) is 4.00. The van der Waals surface area contributed by atoms with E-state index in [0.717, 1.165) is 43.3 Å². The maximum Gasteiger partial charge on any atom is 0.247 e. The van der Waals surface area contributed by atoms with Crippen molar-refractivity contribution in [3.63, 3.8) is 0 Å². The van der Waals surface area contributed by atoms with E-state index < -0.39 is 5.54 Å². The molecule has 0 unspecified atom stereocenters. The van der Waals surface area contributed by atoms with Gasteiger partial charge in [0, 0.05) is 24.7 Å². The van der Waals surface area contributed by atoms with Gasteiger partial charge in [-0.1, -0.05) is 17.7 Å². The maximum absolute atomic E-state index is 13.0. The van der Waals surface area contributed by atoms with Crippen LogP contribution in [0, 0.1) is 13.8 Å². The Kier molecular flexibility index (Phi) is 4.79. The van der Waals surface area contributed by atoms with Crippen molar-refractivity contribution in [1.82, 2.24) is 20.1 Å². The van der Waals surface area contributed by atoms with Gasteiger partial charge < -0.3 is 10.2 Å². The summed E-state index contributed by atoms with van der Waals surface area (Å²) in [7, 11) is 0. The molecule has 1 aromatic heterocycles. The van der Waals surface area contributed by atoms with Crippen molar-refractivity contribution in [3.05, 3.63) is 41.5 Å². The van der Waals surface area contributed by atoms with Crippen molar-refractivity contribution in [2.75, 3.05) is 18.4 Å². The van der Waals surface area contributed by atoms with Gasteiger partial charge in [-0.05, 0) is 52.7 Å². The number of likely N-dealkylation sites (tertiary alicyclic amines) is 1. The molecule has 6 nitrogen and oxygen atoms in total. The molecule has 0 radical (unpaired) electrons. The first-order valence-corrected chi connectivity index (χ1v) is 8.88. The molecule has 0 saturated carbocycles. The number of aryl methyl sites for hydroxylation is 2. The Morgan fingerprint density at radius 1 is 1.20 bits per heavy atom. The van der Waals surface area contributed by atoms with Crippen LogP contribution in [0.1, 0.15) is 49.8 Å². The quantitative estimate of drug-likeness (QED) is 0.896. The van der Waals surface area contributed by atoms with Crippen LogP contribution < -0.4 is 5.32 Å². The van der Waals surface area contributed by atoms with E-state index in [1.165, 1.54) is 5.56 Å². The fraction of sp³-hybridized carbons (Fsp3) is 0.526. The van der Waals surface area contributed by atoms with Crippen molar-refractivity contribution >= 4 is 11.6 Å². The molecule has 134 valence electrons. The minimum atomic E-state index is -0.636. The summed E-state index contributed by atoms with van der Waals surface area (Å²) in [6, 6.07) is 8.13. The molecule has 1 aliphatic heterocycles. The molecule has 1 amide bonds. The average Bonchev–Trinajstić information content (AvgIpc) is 3.03. The second-order valence-corrected chi connectivity index (χ2v) is 7.46. The summed E-state index contributed by atoms with van der Waals surface area (Å²) in [4.78, 5) is 19.4. The lowest BCUT2D eigenvalue weighted by Crippen LogP contribution is -2.52. The van der Waals surface area contributed by atoms with Crippen LogP contribution in [0.2, 0.25) is 0 Å². The SMILES string of the molecule is Cc1ccc(NC(C)(C)C(=O)N2CCC(c3n[nH]c(C)n3)CC2)cc1. The van der Waals surface area contributed by atoms with E-state index in [1.807, 2.05) is 49.9 Å². The number of amides is 1. The first-order chi connectivity index (χ1) is 11.8. The monoisotopic (exact) mass is 341 g/mol. The number of carbonyl (C=O) groups is 1. The number of H-pyrrole nitrogens is 1. The van der Waals surface area contributed by atoms with Gasteiger partial charge in [0.05, 0.1) is 0 Å². The molecule has 2 heterocycles. The lowest BCUT2D eigenvalue weighted by Gasteiger charge is -2.37. The highest BCUT2D eigenvalue weighted by Crippen LogP contribution is 2.27. The van der Waals surface area contributed by atoms with Crippen LogP contribution in [0.25, 0.3) is 0 Å². The van der Waals surface area contributed by atoms with Crippen molar-refractivity contribution in [3.8, 4) is 0 Å². The van der Waals surface area contributed by atoms with Crippen LogP contribution in [0.4, 0.5) is 5.69 Å². The fourth-order valence-corrected chi connectivity index (χ4v) is 3.33. The summed E-state index contributed by atoms with van der Waals surface area (Å²) in [5, 5.41) is 10.5. The fourth-order valence-electron chi connectivity index (χ4n) is 3.33. The zero-order valence-corrected chi connectivity index (χ0v) is 15.5. The van der Waals surface area contributed by atoms with Crippen molar-refractivity contribution in [1.29, 1.82) is 0 Å². The Bertz CT molecular complexity index is 727. The van der Waals surface area contributed by atoms with E-state index >= 15 is 0 Å². The Balaban J connectivity index is 1.60. The lowest BCUT2D eigenvalue weighted by molar-refractivity contribution is -0.136. The van der Waals surface area contributed by atoms with Gasteiger partial charge in [-0.15, -0.1) is 0 Å². The zero-order chi connectivity index (χ0) is 18.0. The highest BCUT2D eigenvalue weighted by Gasteiger charge is 2.34. The van der Waals surface area contributed by atoms with Gasteiger partial charge in [0.25, 0.3) is 0 Å². The average molecular weight is 341 g/mol.